The van der Waals surface area contributed by atoms with Gasteiger partial charge in [0.15, 0.2) is 5.65 Å². The van der Waals surface area contributed by atoms with Gasteiger partial charge in [0.2, 0.25) is 5.88 Å². The van der Waals surface area contributed by atoms with Gasteiger partial charge in [-0.15, -0.1) is 0 Å². The highest BCUT2D eigenvalue weighted by Crippen LogP contribution is 2.35. The van der Waals surface area contributed by atoms with Crippen molar-refractivity contribution < 1.29 is 10.2 Å². The predicted octanol–water partition coefficient (Wildman–Crippen LogP) is 3.27. The molecule has 0 amide bonds. The molecule has 0 saturated heterocycles. The Morgan fingerprint density at radius 1 is 1.03 bits per heavy atom. The third-order valence-electron chi connectivity index (χ3n) is 5.32. The molecule has 4 heterocycles. The summed E-state index contributed by atoms with van der Waals surface area (Å²) in [5.41, 5.74) is 3.97. The summed E-state index contributed by atoms with van der Waals surface area (Å²) in [4.78, 5) is 16.4. The first kappa shape index (κ1) is 17.2. The number of rotatable bonds is 1. The molecule has 144 valence electrons. The number of phenols is 1. The number of nitrogens with zero attached hydrogens (tertiary/aromatic N) is 4. The molecule has 4 N–H and O–H groups in total. The summed E-state index contributed by atoms with van der Waals surface area (Å²) >= 11 is 0. The Hall–Kier alpha value is -3.94. The molecule has 0 saturated carbocycles. The number of hydrogen-bond donors (Lipinski definition) is 4. The Morgan fingerprint density at radius 3 is 2.62 bits per heavy atom. The molecule has 0 bridgehead atoms. The maximum atomic E-state index is 10.8. The maximum absolute atomic E-state index is 10.8. The van der Waals surface area contributed by atoms with Crippen molar-refractivity contribution in [3.63, 3.8) is 0 Å². The number of nitrogens with one attached hydrogen (secondary N) is 2. The van der Waals surface area contributed by atoms with Crippen molar-refractivity contribution in [2.24, 2.45) is 0 Å². The SMILES string of the molecule is Cc1nc2c3c(c(O)nc4cnccc4c3[nH]1)c(=N)n2-c1c(C)ccc(O)c1C. The molecule has 1 aromatic carbocycles. The van der Waals surface area contributed by atoms with E-state index < -0.39 is 0 Å². The highest BCUT2D eigenvalue weighted by Gasteiger charge is 2.22. The van der Waals surface area contributed by atoms with Crippen molar-refractivity contribution in [3.05, 3.63) is 53.0 Å². The van der Waals surface area contributed by atoms with Gasteiger partial charge in [0, 0.05) is 17.1 Å². The molecule has 0 unspecified atom stereocenters. The first-order chi connectivity index (χ1) is 13.9. The highest BCUT2D eigenvalue weighted by molar-refractivity contribution is 6.16. The van der Waals surface area contributed by atoms with Crippen LogP contribution in [0.1, 0.15) is 17.0 Å². The van der Waals surface area contributed by atoms with Crippen LogP contribution >= 0.6 is 0 Å². The van der Waals surface area contributed by atoms with Crippen molar-refractivity contribution in [1.82, 2.24) is 24.5 Å². The Labute approximate surface area is 164 Å². The van der Waals surface area contributed by atoms with Gasteiger partial charge in [-0.2, -0.15) is 0 Å². The van der Waals surface area contributed by atoms with Crippen LogP contribution in [0.5, 0.6) is 11.6 Å². The number of benzene rings is 1. The number of phenolic OH excluding ortho intramolecular Hbond substituents is 1. The van der Waals surface area contributed by atoms with Crippen molar-refractivity contribution in [2.45, 2.75) is 20.8 Å². The minimum atomic E-state index is -0.263. The van der Waals surface area contributed by atoms with E-state index in [9.17, 15) is 10.2 Å². The van der Waals surface area contributed by atoms with Crippen molar-refractivity contribution in [2.75, 3.05) is 0 Å². The van der Waals surface area contributed by atoms with Crippen LogP contribution < -0.4 is 5.49 Å². The minimum Gasteiger partial charge on any atom is -0.508 e. The zero-order chi connectivity index (χ0) is 20.4. The van der Waals surface area contributed by atoms with Gasteiger partial charge < -0.3 is 15.2 Å². The molecule has 0 fully saturated rings. The number of aromatic amines is 1. The van der Waals surface area contributed by atoms with Crippen LogP contribution in [0, 0.1) is 26.2 Å². The van der Waals surface area contributed by atoms with Gasteiger partial charge in [-0.25, -0.2) is 9.97 Å². The average molecular weight is 386 g/mol. The summed E-state index contributed by atoms with van der Waals surface area (Å²) in [5.74, 6) is 0.521. The number of fused-ring (bicyclic) bond motifs is 2. The normalized spacial score (nSPS) is 11.7. The number of pyridine rings is 1. The molecule has 5 rings (SSSR count). The van der Waals surface area contributed by atoms with E-state index in [0.29, 0.717) is 33.6 Å². The van der Waals surface area contributed by atoms with E-state index in [2.05, 4.69) is 19.9 Å². The van der Waals surface area contributed by atoms with E-state index in [1.807, 2.05) is 19.9 Å². The van der Waals surface area contributed by atoms with E-state index in [4.69, 9.17) is 5.41 Å². The van der Waals surface area contributed by atoms with Gasteiger partial charge in [-0.1, -0.05) is 6.07 Å². The summed E-state index contributed by atoms with van der Waals surface area (Å²) in [7, 11) is 0. The van der Waals surface area contributed by atoms with E-state index in [1.54, 1.807) is 36.0 Å². The van der Waals surface area contributed by atoms with E-state index in [1.165, 1.54) is 0 Å². The van der Waals surface area contributed by atoms with Crippen LogP contribution in [0.4, 0.5) is 0 Å². The first-order valence-electron chi connectivity index (χ1n) is 9.10. The largest absolute Gasteiger partial charge is 0.508 e. The van der Waals surface area contributed by atoms with Crippen molar-refractivity contribution in [3.8, 4) is 17.3 Å². The van der Waals surface area contributed by atoms with Crippen LogP contribution in [0.2, 0.25) is 0 Å². The van der Waals surface area contributed by atoms with Gasteiger partial charge in [-0.3, -0.25) is 15.0 Å². The Morgan fingerprint density at radius 2 is 1.83 bits per heavy atom. The quantitative estimate of drug-likeness (QED) is 0.352. The molecule has 0 atom stereocenters. The van der Waals surface area contributed by atoms with E-state index >= 15 is 0 Å². The topological polar surface area (TPSA) is 124 Å². The van der Waals surface area contributed by atoms with Crippen molar-refractivity contribution >= 4 is 32.8 Å². The van der Waals surface area contributed by atoms with Crippen LogP contribution in [0.25, 0.3) is 38.5 Å². The number of aromatic nitrogens is 5. The fraction of sp³-hybridized carbons (Fsp3) is 0.143. The van der Waals surface area contributed by atoms with Gasteiger partial charge in [-0.05, 0) is 38.5 Å². The molecular weight excluding hydrogens is 368 g/mol. The second-order valence-electron chi connectivity index (χ2n) is 7.16. The molecule has 29 heavy (non-hydrogen) atoms. The Bertz CT molecular complexity index is 1530. The lowest BCUT2D eigenvalue weighted by Gasteiger charge is -2.14. The smallest absolute Gasteiger partial charge is 0.223 e. The standard InChI is InChI=1S/C21H18N6O2/c1-9-4-5-14(28)10(2)18(9)27-19(22)16-15-17(24-11(3)25-20(15)27)12-6-7-23-8-13(12)26-21(16)29/h4-8,22,28-29H,1-3H3,(H,24,25). The van der Waals surface area contributed by atoms with Crippen molar-refractivity contribution in [1.29, 1.82) is 5.41 Å². The molecule has 8 heteroatoms. The molecule has 5 aromatic rings. The highest BCUT2D eigenvalue weighted by atomic mass is 16.3. The lowest BCUT2D eigenvalue weighted by atomic mass is 10.1. The van der Waals surface area contributed by atoms with Gasteiger partial charge in [0.1, 0.15) is 17.1 Å². The lowest BCUT2D eigenvalue weighted by molar-refractivity contribution is 0.462. The number of aryl methyl sites for hydroxylation is 2. The average Bonchev–Trinajstić information content (AvgIpc) is 2.89. The molecule has 4 aromatic heterocycles. The van der Waals surface area contributed by atoms with Crippen LogP contribution in [0.3, 0.4) is 0 Å². The number of hydrogen-bond acceptors (Lipinski definition) is 6. The second kappa shape index (κ2) is 5.78. The van der Waals surface area contributed by atoms with Crippen LogP contribution in [-0.2, 0) is 0 Å². The summed E-state index contributed by atoms with van der Waals surface area (Å²) in [6, 6.07) is 5.25. The molecule has 0 aliphatic heterocycles. The third-order valence-corrected chi connectivity index (χ3v) is 5.32. The van der Waals surface area contributed by atoms with Crippen LogP contribution in [0.15, 0.2) is 30.6 Å². The fourth-order valence-corrected chi connectivity index (χ4v) is 4.00. The molecule has 0 spiro atoms. The van der Waals surface area contributed by atoms with Gasteiger partial charge in [0.05, 0.1) is 33.7 Å². The Balaban J connectivity index is 2.14. The molecule has 0 aliphatic carbocycles. The summed E-state index contributed by atoms with van der Waals surface area (Å²) in [5, 5.41) is 31.6. The Kier molecular flexibility index (Phi) is 3.42. The summed E-state index contributed by atoms with van der Waals surface area (Å²) < 4.78 is 1.66. The molecule has 0 radical (unpaired) electrons. The number of aromatic hydroxyl groups is 2. The van der Waals surface area contributed by atoms with E-state index in [-0.39, 0.29) is 22.5 Å². The molecular formula is C21H18N6O2. The lowest BCUT2D eigenvalue weighted by Crippen LogP contribution is -2.16. The zero-order valence-electron chi connectivity index (χ0n) is 16.1. The minimum absolute atomic E-state index is 0.0477. The van der Waals surface area contributed by atoms with Crippen LogP contribution in [-0.4, -0.2) is 34.7 Å². The first-order valence-corrected chi connectivity index (χ1v) is 9.10. The molecule has 8 nitrogen and oxygen atoms in total. The zero-order valence-corrected chi connectivity index (χ0v) is 16.1. The van der Waals surface area contributed by atoms with E-state index in [0.717, 1.165) is 16.5 Å². The summed E-state index contributed by atoms with van der Waals surface area (Å²) in [6.07, 6.45) is 3.24. The van der Waals surface area contributed by atoms with Gasteiger partial charge in [0.25, 0.3) is 0 Å². The third kappa shape index (κ3) is 2.25. The molecule has 0 aliphatic rings. The fourth-order valence-electron chi connectivity index (χ4n) is 4.00. The maximum Gasteiger partial charge on any atom is 0.223 e. The second-order valence-corrected chi connectivity index (χ2v) is 7.16. The summed E-state index contributed by atoms with van der Waals surface area (Å²) in [6.45, 7) is 5.55. The predicted molar refractivity (Wildman–Crippen MR) is 109 cm³/mol. The monoisotopic (exact) mass is 386 g/mol. The number of H-pyrrole nitrogens is 1. The van der Waals surface area contributed by atoms with Gasteiger partial charge >= 0.3 is 0 Å².